The molecule has 3 rings (SSSR count). The molecular formula is C19H17FN2O. The third-order valence-corrected chi connectivity index (χ3v) is 3.64. The smallest absolute Gasteiger partial charge is 0.246 e. The number of hydrogen-bond acceptors (Lipinski definition) is 2. The molecule has 1 atom stereocenters. The molecule has 3 aromatic carbocycles. The lowest BCUT2D eigenvalue weighted by atomic mass is 10.1. The molecule has 2 N–H and O–H groups in total. The topological polar surface area (TPSA) is 41.1 Å². The number of hydrogen-bond donors (Lipinski definition) is 2. The fraction of sp³-hybridized carbons (Fsp3) is 0.105. The first kappa shape index (κ1) is 15.0. The van der Waals surface area contributed by atoms with E-state index in [4.69, 9.17) is 0 Å². The highest BCUT2D eigenvalue weighted by atomic mass is 19.1. The summed E-state index contributed by atoms with van der Waals surface area (Å²) in [7, 11) is 0. The third-order valence-electron chi connectivity index (χ3n) is 3.64. The monoisotopic (exact) mass is 308 g/mol. The highest BCUT2D eigenvalue weighted by molar-refractivity contribution is 5.98. The first-order chi connectivity index (χ1) is 11.1. The van der Waals surface area contributed by atoms with Gasteiger partial charge in [0.05, 0.1) is 0 Å². The van der Waals surface area contributed by atoms with Gasteiger partial charge in [-0.3, -0.25) is 4.79 Å². The van der Waals surface area contributed by atoms with Crippen molar-refractivity contribution in [1.82, 2.24) is 0 Å². The van der Waals surface area contributed by atoms with E-state index < -0.39 is 6.04 Å². The molecule has 0 aliphatic heterocycles. The molecule has 116 valence electrons. The molecule has 3 aromatic rings. The Morgan fingerprint density at radius 1 is 0.913 bits per heavy atom. The SMILES string of the molecule is C[C@@H](Nc1ccc(F)cc1)C(=O)Nc1ccc2ccccc2c1. The zero-order valence-corrected chi connectivity index (χ0v) is 12.7. The van der Waals surface area contributed by atoms with E-state index in [1.54, 1.807) is 19.1 Å². The maximum absolute atomic E-state index is 12.9. The van der Waals surface area contributed by atoms with E-state index in [0.29, 0.717) is 5.69 Å². The highest BCUT2D eigenvalue weighted by Crippen LogP contribution is 2.19. The number of carbonyl (C=O) groups is 1. The zero-order valence-electron chi connectivity index (χ0n) is 12.7. The van der Waals surface area contributed by atoms with Gasteiger partial charge in [-0.25, -0.2) is 4.39 Å². The number of benzene rings is 3. The second-order valence-electron chi connectivity index (χ2n) is 5.42. The van der Waals surface area contributed by atoms with Crippen LogP contribution in [0.5, 0.6) is 0 Å². The number of amides is 1. The normalized spacial score (nSPS) is 11.9. The summed E-state index contributed by atoms with van der Waals surface area (Å²) in [5.41, 5.74) is 1.45. The summed E-state index contributed by atoms with van der Waals surface area (Å²) in [5, 5.41) is 8.14. The van der Waals surface area contributed by atoms with Crippen LogP contribution in [0.4, 0.5) is 15.8 Å². The van der Waals surface area contributed by atoms with Gasteiger partial charge in [-0.15, -0.1) is 0 Å². The van der Waals surface area contributed by atoms with Crippen molar-refractivity contribution in [2.45, 2.75) is 13.0 Å². The molecule has 0 saturated heterocycles. The number of anilines is 2. The summed E-state index contributed by atoms with van der Waals surface area (Å²) in [4.78, 5) is 12.3. The molecule has 0 unspecified atom stereocenters. The minimum atomic E-state index is -0.438. The van der Waals surface area contributed by atoms with Crippen LogP contribution in [0.25, 0.3) is 10.8 Å². The molecule has 0 saturated carbocycles. The number of fused-ring (bicyclic) bond motifs is 1. The van der Waals surface area contributed by atoms with Gasteiger partial charge < -0.3 is 10.6 Å². The van der Waals surface area contributed by atoms with Crippen molar-refractivity contribution >= 4 is 28.1 Å². The largest absolute Gasteiger partial charge is 0.374 e. The van der Waals surface area contributed by atoms with E-state index in [0.717, 1.165) is 16.5 Å². The van der Waals surface area contributed by atoms with Crippen molar-refractivity contribution in [3.05, 3.63) is 72.5 Å². The summed E-state index contributed by atoms with van der Waals surface area (Å²) in [6, 6.07) is 19.3. The molecule has 0 radical (unpaired) electrons. The van der Waals surface area contributed by atoms with E-state index >= 15 is 0 Å². The van der Waals surface area contributed by atoms with Crippen molar-refractivity contribution in [3.63, 3.8) is 0 Å². The number of halogens is 1. The standard InChI is InChI=1S/C19H17FN2O/c1-13(21-17-10-7-16(20)8-11-17)19(23)22-18-9-6-14-4-2-3-5-15(14)12-18/h2-13,21H,1H3,(H,22,23)/t13-/m1/s1. The summed E-state index contributed by atoms with van der Waals surface area (Å²) in [6.07, 6.45) is 0. The third kappa shape index (κ3) is 3.66. The Morgan fingerprint density at radius 2 is 1.57 bits per heavy atom. The minimum Gasteiger partial charge on any atom is -0.374 e. The second kappa shape index (κ2) is 6.48. The van der Waals surface area contributed by atoms with Gasteiger partial charge in [-0.1, -0.05) is 30.3 Å². The highest BCUT2D eigenvalue weighted by Gasteiger charge is 2.13. The Balaban J connectivity index is 1.68. The average molecular weight is 308 g/mol. The van der Waals surface area contributed by atoms with E-state index in [9.17, 15) is 9.18 Å². The maximum Gasteiger partial charge on any atom is 0.246 e. The fourth-order valence-corrected chi connectivity index (χ4v) is 2.38. The molecule has 23 heavy (non-hydrogen) atoms. The predicted octanol–water partition coefficient (Wildman–Crippen LogP) is 4.42. The molecule has 0 aliphatic carbocycles. The lowest BCUT2D eigenvalue weighted by Gasteiger charge is -2.15. The van der Waals surface area contributed by atoms with Gasteiger partial charge in [0.1, 0.15) is 11.9 Å². The number of carbonyl (C=O) groups excluding carboxylic acids is 1. The molecule has 0 spiro atoms. The van der Waals surface area contributed by atoms with Crippen LogP contribution in [0.3, 0.4) is 0 Å². The first-order valence-electron chi connectivity index (χ1n) is 7.43. The number of nitrogens with one attached hydrogen (secondary N) is 2. The zero-order chi connectivity index (χ0) is 16.2. The van der Waals surface area contributed by atoms with Gasteiger partial charge in [0.2, 0.25) is 5.91 Å². The van der Waals surface area contributed by atoms with Crippen molar-refractivity contribution in [2.24, 2.45) is 0 Å². The number of rotatable bonds is 4. The van der Waals surface area contributed by atoms with Gasteiger partial charge in [0, 0.05) is 11.4 Å². The van der Waals surface area contributed by atoms with Crippen LogP contribution in [0.1, 0.15) is 6.92 Å². The van der Waals surface area contributed by atoms with Gasteiger partial charge in [-0.2, -0.15) is 0 Å². The minimum absolute atomic E-state index is 0.149. The summed E-state index contributed by atoms with van der Waals surface area (Å²) >= 11 is 0. The Kier molecular flexibility index (Phi) is 4.24. The summed E-state index contributed by atoms with van der Waals surface area (Å²) in [6.45, 7) is 1.76. The molecule has 0 bridgehead atoms. The Morgan fingerprint density at radius 3 is 2.30 bits per heavy atom. The molecule has 0 fully saturated rings. The van der Waals surface area contributed by atoms with Crippen molar-refractivity contribution < 1.29 is 9.18 Å². The van der Waals surface area contributed by atoms with Crippen LogP contribution in [-0.2, 0) is 4.79 Å². The molecule has 0 heterocycles. The quantitative estimate of drug-likeness (QED) is 0.749. The van der Waals surface area contributed by atoms with Crippen LogP contribution in [0, 0.1) is 5.82 Å². The molecular weight excluding hydrogens is 291 g/mol. The molecule has 3 nitrogen and oxygen atoms in total. The summed E-state index contributed by atoms with van der Waals surface area (Å²) < 4.78 is 12.9. The van der Waals surface area contributed by atoms with Crippen LogP contribution in [0.2, 0.25) is 0 Å². The lowest BCUT2D eigenvalue weighted by molar-refractivity contribution is -0.116. The Labute approximate surface area is 134 Å². The van der Waals surface area contributed by atoms with E-state index in [1.165, 1.54) is 12.1 Å². The second-order valence-corrected chi connectivity index (χ2v) is 5.42. The predicted molar refractivity (Wildman–Crippen MR) is 92.1 cm³/mol. The van der Waals surface area contributed by atoms with E-state index in [-0.39, 0.29) is 11.7 Å². The fourth-order valence-electron chi connectivity index (χ4n) is 2.38. The average Bonchev–Trinajstić information content (AvgIpc) is 2.56. The van der Waals surface area contributed by atoms with E-state index in [1.807, 2.05) is 42.5 Å². The van der Waals surface area contributed by atoms with Gasteiger partial charge in [0.15, 0.2) is 0 Å². The van der Waals surface area contributed by atoms with Crippen LogP contribution in [-0.4, -0.2) is 11.9 Å². The van der Waals surface area contributed by atoms with Crippen LogP contribution in [0.15, 0.2) is 66.7 Å². The molecule has 1 amide bonds. The molecule has 0 aromatic heterocycles. The first-order valence-corrected chi connectivity index (χ1v) is 7.43. The summed E-state index contributed by atoms with van der Waals surface area (Å²) in [5.74, 6) is -0.451. The molecule has 0 aliphatic rings. The van der Waals surface area contributed by atoms with Gasteiger partial charge in [-0.05, 0) is 54.1 Å². The van der Waals surface area contributed by atoms with Crippen molar-refractivity contribution in [2.75, 3.05) is 10.6 Å². The van der Waals surface area contributed by atoms with E-state index in [2.05, 4.69) is 10.6 Å². The van der Waals surface area contributed by atoms with Gasteiger partial charge >= 0.3 is 0 Å². The Hall–Kier alpha value is -2.88. The maximum atomic E-state index is 12.9. The van der Waals surface area contributed by atoms with Crippen molar-refractivity contribution in [1.29, 1.82) is 0 Å². The van der Waals surface area contributed by atoms with Crippen LogP contribution >= 0.6 is 0 Å². The molecule has 4 heteroatoms. The van der Waals surface area contributed by atoms with Gasteiger partial charge in [0.25, 0.3) is 0 Å². The lowest BCUT2D eigenvalue weighted by Crippen LogP contribution is -2.31. The van der Waals surface area contributed by atoms with Crippen molar-refractivity contribution in [3.8, 4) is 0 Å². The van der Waals surface area contributed by atoms with Crippen LogP contribution < -0.4 is 10.6 Å². The Bertz CT molecular complexity index is 830.